The Hall–Kier alpha value is -0.0800. The van der Waals surface area contributed by atoms with Crippen molar-refractivity contribution in [2.24, 2.45) is 0 Å². The van der Waals surface area contributed by atoms with Crippen LogP contribution in [0.1, 0.15) is 19.8 Å². The topological polar surface area (TPSA) is 29.5 Å². The van der Waals surface area contributed by atoms with Gasteiger partial charge in [0.2, 0.25) is 0 Å². The quantitative estimate of drug-likeness (QED) is 0.542. The van der Waals surface area contributed by atoms with E-state index in [-0.39, 0.29) is 12.2 Å². The molecule has 2 heteroatoms. The Kier molecular flexibility index (Phi) is 1.86. The van der Waals surface area contributed by atoms with Crippen molar-refractivity contribution >= 4 is 0 Å². The maximum atomic E-state index is 8.93. The van der Waals surface area contributed by atoms with E-state index in [0.29, 0.717) is 0 Å². The van der Waals surface area contributed by atoms with E-state index in [9.17, 15) is 0 Å². The fraction of sp³-hybridized carbons (Fsp3) is 1.00. The van der Waals surface area contributed by atoms with Gasteiger partial charge in [0.15, 0.2) is 0 Å². The molecule has 1 aliphatic heterocycles. The third-order valence-corrected chi connectivity index (χ3v) is 1.50. The molecule has 0 aliphatic carbocycles. The molecule has 0 unspecified atom stereocenters. The minimum Gasteiger partial charge on any atom is -0.391 e. The van der Waals surface area contributed by atoms with Gasteiger partial charge in [-0.2, -0.15) is 0 Å². The third kappa shape index (κ3) is 1.20. The van der Waals surface area contributed by atoms with Gasteiger partial charge in [-0.1, -0.05) is 0 Å². The van der Waals surface area contributed by atoms with Gasteiger partial charge < -0.3 is 9.84 Å². The number of hydrogen-bond donors (Lipinski definition) is 1. The zero-order valence-corrected chi connectivity index (χ0v) is 5.13. The zero-order valence-electron chi connectivity index (χ0n) is 5.13. The molecule has 1 rings (SSSR count). The van der Waals surface area contributed by atoms with Gasteiger partial charge >= 0.3 is 0 Å². The van der Waals surface area contributed by atoms with Crippen LogP contribution in [0.5, 0.6) is 0 Å². The van der Waals surface area contributed by atoms with Crippen LogP contribution in [0.25, 0.3) is 0 Å². The average molecular weight is 116 g/mol. The molecule has 0 bridgehead atoms. The van der Waals surface area contributed by atoms with Crippen molar-refractivity contribution in [1.29, 1.82) is 0 Å². The van der Waals surface area contributed by atoms with Crippen LogP contribution in [0.2, 0.25) is 0 Å². The molecule has 1 saturated heterocycles. The van der Waals surface area contributed by atoms with Crippen molar-refractivity contribution in [3.05, 3.63) is 0 Å². The van der Waals surface area contributed by atoms with E-state index in [1.54, 1.807) is 6.92 Å². The van der Waals surface area contributed by atoms with Crippen LogP contribution in [0.15, 0.2) is 0 Å². The smallest absolute Gasteiger partial charge is 0.0832 e. The number of aliphatic hydroxyl groups is 1. The summed E-state index contributed by atoms with van der Waals surface area (Å²) in [5.74, 6) is 0. The summed E-state index contributed by atoms with van der Waals surface area (Å²) in [6, 6.07) is 0. The van der Waals surface area contributed by atoms with Gasteiger partial charge in [-0.25, -0.2) is 0 Å². The summed E-state index contributed by atoms with van der Waals surface area (Å²) in [6.45, 7) is 2.60. The molecule has 0 aromatic carbocycles. The van der Waals surface area contributed by atoms with Crippen LogP contribution in [-0.2, 0) is 4.74 Å². The monoisotopic (exact) mass is 116 g/mol. The summed E-state index contributed by atoms with van der Waals surface area (Å²) in [5, 5.41) is 8.93. The molecule has 8 heavy (non-hydrogen) atoms. The van der Waals surface area contributed by atoms with E-state index in [1.807, 2.05) is 0 Å². The van der Waals surface area contributed by atoms with E-state index >= 15 is 0 Å². The first-order valence-corrected chi connectivity index (χ1v) is 3.10. The first-order chi connectivity index (χ1) is 3.80. The van der Waals surface area contributed by atoms with Crippen molar-refractivity contribution in [1.82, 2.24) is 0 Å². The second-order valence-corrected chi connectivity index (χ2v) is 2.29. The lowest BCUT2D eigenvalue weighted by Gasteiger charge is -2.10. The molecule has 1 N–H and O–H groups in total. The standard InChI is InChI=1S/C6H12O2/c1-5(7)6-3-2-4-8-6/h5-7H,2-4H2,1H3/t5-,6+/m1/s1. The zero-order chi connectivity index (χ0) is 5.98. The molecule has 2 atom stereocenters. The SMILES string of the molecule is C[C@@H](O)[C@@H]1CCCO1. The lowest BCUT2D eigenvalue weighted by Crippen LogP contribution is -2.20. The van der Waals surface area contributed by atoms with E-state index in [1.165, 1.54) is 0 Å². The molecule has 0 aromatic heterocycles. The lowest BCUT2D eigenvalue weighted by atomic mass is 10.2. The van der Waals surface area contributed by atoms with Gasteiger partial charge in [0.1, 0.15) is 0 Å². The molecule has 0 aromatic rings. The number of rotatable bonds is 1. The van der Waals surface area contributed by atoms with Gasteiger partial charge in [-0.15, -0.1) is 0 Å². The summed E-state index contributed by atoms with van der Waals surface area (Å²) in [5.41, 5.74) is 0. The number of hydrogen-bond acceptors (Lipinski definition) is 2. The van der Waals surface area contributed by atoms with Crippen LogP contribution in [0, 0.1) is 0 Å². The van der Waals surface area contributed by atoms with E-state index in [0.717, 1.165) is 19.4 Å². The van der Waals surface area contributed by atoms with Crippen molar-refractivity contribution in [3.63, 3.8) is 0 Å². The fourth-order valence-corrected chi connectivity index (χ4v) is 0.983. The summed E-state index contributed by atoms with van der Waals surface area (Å²) < 4.78 is 5.16. The largest absolute Gasteiger partial charge is 0.391 e. The molecular weight excluding hydrogens is 104 g/mol. The minimum absolute atomic E-state index is 0.120. The second-order valence-electron chi connectivity index (χ2n) is 2.29. The van der Waals surface area contributed by atoms with E-state index in [4.69, 9.17) is 9.84 Å². The molecule has 0 radical (unpaired) electrons. The van der Waals surface area contributed by atoms with Crippen molar-refractivity contribution in [2.45, 2.75) is 32.0 Å². The first-order valence-electron chi connectivity index (χ1n) is 3.10. The lowest BCUT2D eigenvalue weighted by molar-refractivity contribution is 0.00856. The predicted octanol–water partition coefficient (Wildman–Crippen LogP) is 0.546. The van der Waals surface area contributed by atoms with Gasteiger partial charge in [0.05, 0.1) is 12.2 Å². The molecule has 0 spiro atoms. The predicted molar refractivity (Wildman–Crippen MR) is 30.7 cm³/mol. The first kappa shape index (κ1) is 6.05. The molecule has 0 saturated carbocycles. The summed E-state index contributed by atoms with van der Waals surface area (Å²) in [6.07, 6.45) is 1.97. The number of ether oxygens (including phenoxy) is 1. The van der Waals surface area contributed by atoms with Gasteiger partial charge in [-0.05, 0) is 19.8 Å². The Morgan fingerprint density at radius 3 is 2.75 bits per heavy atom. The van der Waals surface area contributed by atoms with Gasteiger partial charge in [-0.3, -0.25) is 0 Å². The third-order valence-electron chi connectivity index (χ3n) is 1.50. The van der Waals surface area contributed by atoms with Crippen LogP contribution in [-0.4, -0.2) is 23.9 Å². The molecule has 2 nitrogen and oxygen atoms in total. The highest BCUT2D eigenvalue weighted by atomic mass is 16.5. The Morgan fingerprint density at radius 1 is 1.75 bits per heavy atom. The molecular formula is C6H12O2. The number of aliphatic hydroxyl groups excluding tert-OH is 1. The van der Waals surface area contributed by atoms with Crippen molar-refractivity contribution < 1.29 is 9.84 Å². The van der Waals surface area contributed by atoms with E-state index < -0.39 is 0 Å². The van der Waals surface area contributed by atoms with Crippen LogP contribution in [0.3, 0.4) is 0 Å². The highest BCUT2D eigenvalue weighted by molar-refractivity contribution is 4.68. The Balaban J connectivity index is 2.24. The maximum absolute atomic E-state index is 8.93. The van der Waals surface area contributed by atoms with E-state index in [2.05, 4.69) is 0 Å². The Labute approximate surface area is 49.5 Å². The summed E-state index contributed by atoms with van der Waals surface area (Å²) in [4.78, 5) is 0. The van der Waals surface area contributed by atoms with Gasteiger partial charge in [0.25, 0.3) is 0 Å². The van der Waals surface area contributed by atoms with Gasteiger partial charge in [0, 0.05) is 6.61 Å². The molecule has 1 fully saturated rings. The molecule has 48 valence electrons. The second kappa shape index (κ2) is 2.46. The Bertz CT molecular complexity index is 64.9. The van der Waals surface area contributed by atoms with Crippen molar-refractivity contribution in [2.75, 3.05) is 6.61 Å². The molecule has 1 aliphatic rings. The fourth-order valence-electron chi connectivity index (χ4n) is 0.983. The highest BCUT2D eigenvalue weighted by Gasteiger charge is 2.19. The summed E-state index contributed by atoms with van der Waals surface area (Å²) in [7, 11) is 0. The normalized spacial score (nSPS) is 33.0. The maximum Gasteiger partial charge on any atom is 0.0832 e. The van der Waals surface area contributed by atoms with Crippen LogP contribution >= 0.6 is 0 Å². The highest BCUT2D eigenvalue weighted by Crippen LogP contribution is 2.14. The molecule has 1 heterocycles. The van der Waals surface area contributed by atoms with Crippen LogP contribution < -0.4 is 0 Å². The summed E-state index contributed by atoms with van der Waals surface area (Å²) >= 11 is 0. The minimum atomic E-state index is -0.280. The van der Waals surface area contributed by atoms with Crippen molar-refractivity contribution in [3.8, 4) is 0 Å². The average Bonchev–Trinajstić information content (AvgIpc) is 2.12. The molecule has 0 amide bonds. The van der Waals surface area contributed by atoms with Crippen LogP contribution in [0.4, 0.5) is 0 Å². The Morgan fingerprint density at radius 2 is 2.50 bits per heavy atom.